The van der Waals surface area contributed by atoms with Crippen molar-refractivity contribution < 1.29 is 738 Å². The number of hydrogen-bond donors (Lipinski definition) is 16. The molecule has 0 aromatic rings. The molecule has 0 amide bonds. The summed E-state index contributed by atoms with van der Waals surface area (Å²) in [5.74, 6) is -14.8. The summed E-state index contributed by atoms with van der Waals surface area (Å²) in [6.45, 7) is -17.1. The third-order valence-electron chi connectivity index (χ3n) is 19.1. The van der Waals surface area contributed by atoms with E-state index in [4.69, 9.17) is 75.8 Å². The van der Waals surface area contributed by atoms with Crippen molar-refractivity contribution in [2.75, 3.05) is 238 Å². The summed E-state index contributed by atoms with van der Waals surface area (Å²) in [7, 11) is 0. The van der Waals surface area contributed by atoms with Crippen LogP contribution in [0.2, 0.25) is 0 Å². The summed E-state index contributed by atoms with van der Waals surface area (Å²) in [5.41, 5.74) is -25.6. The van der Waals surface area contributed by atoms with Gasteiger partial charge in [-0.05, 0) is 83.1 Å². The number of carbonyl (C=O) groups excluding carboxylic acids is 12. The van der Waals surface area contributed by atoms with Crippen molar-refractivity contribution in [2.24, 2.45) is 70.4 Å². The molecular weight excluding hydrogens is 3200 g/mol. The van der Waals surface area contributed by atoms with Gasteiger partial charge in [0, 0.05) is 523 Å². The molecule has 0 fully saturated rings. The van der Waals surface area contributed by atoms with Crippen LogP contribution in [-0.2, 0) is 657 Å². The van der Waals surface area contributed by atoms with Crippen LogP contribution in [0, 0.1) is 189 Å². The molecule has 0 unspecified atom stereocenters. The van der Waals surface area contributed by atoms with Crippen molar-refractivity contribution in [3.8, 4) is 0 Å². The fourth-order valence-corrected chi connectivity index (χ4v) is 8.14. The van der Waals surface area contributed by atoms with Crippen molar-refractivity contribution in [1.82, 2.24) is 0 Å². The second kappa shape index (κ2) is 126. The maximum absolute atomic E-state index is 14.1. The van der Waals surface area contributed by atoms with E-state index in [1.807, 2.05) is 0 Å². The number of hydrogen-bond acceptors (Lipinski definition) is 44. The Hall–Kier alpha value is 10.5. The molecule has 60 heteroatoms. The molecule has 0 aliphatic heterocycles. The van der Waals surface area contributed by atoms with E-state index in [-0.39, 0.29) is 642 Å². The third kappa shape index (κ3) is 84.4. The van der Waals surface area contributed by atoms with Gasteiger partial charge in [-0.1, -0.05) is 0 Å². The van der Waals surface area contributed by atoms with Gasteiger partial charge in [-0.2, -0.15) is 0 Å². The van der Waals surface area contributed by atoms with Crippen LogP contribution in [0.15, 0.2) is 0 Å². The predicted octanol–water partition coefficient (Wildman–Crippen LogP) is -0.325. The quantitative estimate of drug-likeness (QED) is 0.0160. The first-order chi connectivity index (χ1) is 54.5. The van der Waals surface area contributed by atoms with Crippen LogP contribution >= 0.6 is 0 Å². The van der Waals surface area contributed by atoms with Crippen LogP contribution in [0.4, 0.5) is 0 Å². The summed E-state index contributed by atoms with van der Waals surface area (Å²) in [5, 5.41) is 158. The maximum atomic E-state index is 14.1. The van der Waals surface area contributed by atoms with Crippen LogP contribution in [0.1, 0.15) is 83.1 Å². The molecule has 0 aliphatic carbocycles. The second-order valence-corrected chi connectivity index (χ2v) is 32.1. The van der Waals surface area contributed by atoms with Gasteiger partial charge < -0.3 is 276 Å². The molecule has 16 radical (unpaired) electrons. The fourth-order valence-electron chi connectivity index (χ4n) is 8.14. The number of carbonyl (C=O) groups is 12. The summed E-state index contributed by atoms with van der Waals surface area (Å²) in [6, 6.07) is 0. The zero-order valence-electron chi connectivity index (χ0n) is 93.8. The van der Waals surface area contributed by atoms with Crippen LogP contribution in [0.3, 0.4) is 0 Å². The standard InChI is InChI=1S/C73H124O44.16CH3.16Y/c1-61(21-74,22-75)49(90)110-37-69(9,38-111-50(91)62(2,23-76)24-77)57(98)106-17-13-102-45-73(46-103-14-18-107-58(99)70(10,39-112-51(92)63(3,25-78)26-79)40-113-52(93)64(4,27-80)28-81,47-104-15-19-108-59(100)71(11,41-114-53(94)65(5,29-82)30-83)42-115-54(95)66(6,31-84)32-85)48-105-16-20-109-60(101)72(12,43-116-55(96)67(7,33-86)34-87)44-117-56(97)68(8,35-88)36-89;;;;;;;;;;;;;;;;;;;;;;;;;;;;;;;;/h74-89H,13-48H2,1-12H3;16*1H3;;;;;;;;;;;;;;;;/q;16*-1;;;;;;;;;;;;;;;;. The first kappa shape index (κ1) is 250. The Kier molecular flexibility index (Phi) is 212. The maximum Gasteiger partial charge on any atom is 0.318 e. The van der Waals surface area contributed by atoms with E-state index in [1.165, 1.54) is 0 Å². The van der Waals surface area contributed by atoms with E-state index in [0.717, 1.165) is 83.1 Å². The van der Waals surface area contributed by atoms with Gasteiger partial charge in [-0.15, -0.1) is 0 Å². The molecule has 0 saturated heterocycles. The van der Waals surface area contributed by atoms with Gasteiger partial charge in [-0.25, -0.2) is 0 Å². The predicted molar refractivity (Wildman–Crippen MR) is 490 cm³/mol. The smallest absolute Gasteiger partial charge is 0.318 e. The number of aliphatic hydroxyl groups excluding tert-OH is 16. The minimum atomic E-state index is -2.14. The SMILES string of the molecule is CC(CO)(CO)C(=O)OCC(C)(COC(=O)C(C)(CO)CO)C(=O)OCCOCC(COCCOC(=O)C(C)(COC(=O)C(C)(CO)CO)COC(=O)C(C)(CO)CO)(COCCOC(=O)C(C)(COC(=O)C(C)(CO)CO)COC(=O)C(C)(CO)CO)COCCOC(=O)C(C)(COC(=O)C(C)(CO)CO)COC(=O)C(C)(CO)CO.[CH3-].[CH3-].[CH3-].[CH3-].[CH3-].[CH3-].[CH3-].[CH3-].[CH3-].[CH3-].[CH3-].[CH3-].[CH3-].[CH3-].[CH3-].[CH3-].[Y].[Y].[Y].[Y].[Y].[Y].[Y].[Y].[Y].[Y].[Y].[Y].[Y].[Y].[Y].[Y]. The first-order valence-electron chi connectivity index (χ1n) is 36.6. The number of ether oxygens (including phenoxy) is 16. The number of aliphatic hydroxyl groups is 16. The van der Waals surface area contributed by atoms with Crippen molar-refractivity contribution >= 4 is 71.6 Å². The molecule has 0 heterocycles. The van der Waals surface area contributed by atoms with Gasteiger partial charge in [-0.3, -0.25) is 57.5 Å². The topological polar surface area (TPSA) is 676 Å². The van der Waals surface area contributed by atoms with E-state index in [0.29, 0.717) is 0 Å². The first-order valence-corrected chi connectivity index (χ1v) is 36.6. The van der Waals surface area contributed by atoms with Gasteiger partial charge in [0.15, 0.2) is 0 Å². The van der Waals surface area contributed by atoms with Crippen molar-refractivity contribution in [3.63, 3.8) is 0 Å². The molecule has 0 saturated carbocycles. The van der Waals surface area contributed by atoms with Gasteiger partial charge in [0.1, 0.15) is 144 Å². The van der Waals surface area contributed by atoms with E-state index in [2.05, 4.69) is 0 Å². The van der Waals surface area contributed by atoms with Crippen molar-refractivity contribution in [1.29, 1.82) is 0 Å². The Morgan fingerprint density at radius 3 is 0.295 bits per heavy atom. The van der Waals surface area contributed by atoms with Crippen LogP contribution in [0.25, 0.3) is 0 Å². The summed E-state index contributed by atoms with van der Waals surface area (Å²) in [4.78, 5) is 161. The minimum Gasteiger partial charge on any atom is -0.464 e. The zero-order valence-corrected chi connectivity index (χ0v) is 139. The Morgan fingerprint density at radius 1 is 0.134 bits per heavy atom. The summed E-state index contributed by atoms with van der Waals surface area (Å²) >= 11 is 0. The van der Waals surface area contributed by atoms with Gasteiger partial charge in [0.05, 0.1) is 164 Å². The van der Waals surface area contributed by atoms with Gasteiger partial charge in [0.2, 0.25) is 0 Å². The number of esters is 12. The van der Waals surface area contributed by atoms with Gasteiger partial charge >= 0.3 is 71.6 Å². The molecule has 149 heavy (non-hydrogen) atoms. The molecule has 0 aliphatic rings. The van der Waals surface area contributed by atoms with Crippen LogP contribution in [-0.4, -0.2) is 391 Å². The van der Waals surface area contributed by atoms with Gasteiger partial charge in [0.25, 0.3) is 0 Å². The molecule has 856 valence electrons. The second-order valence-electron chi connectivity index (χ2n) is 32.1. The molecule has 44 nitrogen and oxygen atoms in total. The largest absolute Gasteiger partial charge is 0.464 e. The Balaban J connectivity index is -0.000000136. The zero-order chi connectivity index (χ0) is 90.2. The van der Waals surface area contributed by atoms with Crippen molar-refractivity contribution in [3.05, 3.63) is 119 Å². The molecule has 0 bridgehead atoms. The van der Waals surface area contributed by atoms with Crippen molar-refractivity contribution in [2.45, 2.75) is 83.1 Å². The molecule has 0 aromatic carbocycles. The molecule has 0 atom stereocenters. The summed E-state index contributed by atoms with van der Waals surface area (Å²) < 4.78 is 88.7. The van der Waals surface area contributed by atoms with E-state index < -0.39 is 380 Å². The fraction of sp³-hybridized carbons (Fsp3) is 0.685. The van der Waals surface area contributed by atoms with Crippen LogP contribution < -0.4 is 0 Å². The summed E-state index contributed by atoms with van der Waals surface area (Å²) in [6.07, 6.45) is 0. The van der Waals surface area contributed by atoms with E-state index in [1.54, 1.807) is 0 Å². The van der Waals surface area contributed by atoms with E-state index in [9.17, 15) is 139 Å². The Bertz CT molecular complexity index is 2640. The Morgan fingerprint density at radius 2 is 0.215 bits per heavy atom. The van der Waals surface area contributed by atoms with E-state index >= 15 is 0 Å². The monoisotopic (exact) mass is 3370 g/mol. The molecule has 0 aromatic heterocycles. The molecule has 16 N–H and O–H groups in total. The van der Waals surface area contributed by atoms with Crippen LogP contribution in [0.5, 0.6) is 0 Å². The molecule has 0 rings (SSSR count). The average molecular weight is 3370 g/mol. The normalized spacial score (nSPS) is 10.2. The number of rotatable bonds is 64. The average Bonchev–Trinajstić information content (AvgIpc) is 0.831. The Labute approximate surface area is 1300 Å². The molecule has 0 spiro atoms. The molecular formula is C89H172O44Y16-16. The minimum absolute atomic E-state index is 0. The third-order valence-corrected chi connectivity index (χ3v) is 19.1.